The van der Waals surface area contributed by atoms with Gasteiger partial charge in [-0.3, -0.25) is 9.59 Å². The molecule has 0 aliphatic rings. The molecule has 1 amide bonds. The molecule has 0 aromatic carbocycles. The summed E-state index contributed by atoms with van der Waals surface area (Å²) < 4.78 is 5.25. The lowest BCUT2D eigenvalue weighted by Gasteiger charge is -2.14. The molecule has 5 heteroatoms. The lowest BCUT2D eigenvalue weighted by atomic mass is 10.1. The van der Waals surface area contributed by atoms with Crippen molar-refractivity contribution >= 4 is 11.9 Å². The number of aryl methyl sites for hydroxylation is 2. The molecule has 0 aliphatic heterocycles. The molecule has 5 nitrogen and oxygen atoms in total. The first-order valence-corrected chi connectivity index (χ1v) is 5.53. The number of hydrogen-bond donors (Lipinski definition) is 2. The first-order chi connectivity index (χ1) is 7.93. The Bertz CT molecular complexity index is 422. The fraction of sp³-hybridized carbons (Fsp3) is 0.500. The summed E-state index contributed by atoms with van der Waals surface area (Å²) in [6.07, 6.45) is 0.506. The summed E-state index contributed by atoms with van der Waals surface area (Å²) in [6, 6.07) is 1.30. The van der Waals surface area contributed by atoms with E-state index in [1.54, 1.807) is 19.9 Å². The number of rotatable bonds is 5. The molecule has 0 saturated carbocycles. The van der Waals surface area contributed by atoms with Crippen molar-refractivity contribution in [1.82, 2.24) is 5.32 Å². The third-order valence-electron chi connectivity index (χ3n) is 2.53. The highest BCUT2D eigenvalue weighted by atomic mass is 16.4. The molecule has 1 heterocycles. The number of nitrogens with one attached hydrogen (secondary N) is 1. The van der Waals surface area contributed by atoms with Crippen LogP contribution in [0.25, 0.3) is 0 Å². The molecule has 2 N–H and O–H groups in total. The van der Waals surface area contributed by atoms with Gasteiger partial charge in [0.05, 0.1) is 12.0 Å². The van der Waals surface area contributed by atoms with Crippen molar-refractivity contribution in [2.24, 2.45) is 0 Å². The van der Waals surface area contributed by atoms with E-state index in [4.69, 9.17) is 9.52 Å². The van der Waals surface area contributed by atoms with Crippen LogP contribution in [0.3, 0.4) is 0 Å². The molecule has 0 spiro atoms. The molecule has 0 bridgehead atoms. The van der Waals surface area contributed by atoms with Crippen LogP contribution < -0.4 is 5.32 Å². The van der Waals surface area contributed by atoms with Crippen LogP contribution >= 0.6 is 0 Å². The van der Waals surface area contributed by atoms with Gasteiger partial charge < -0.3 is 14.8 Å². The van der Waals surface area contributed by atoms with Crippen molar-refractivity contribution in [2.45, 2.75) is 39.7 Å². The summed E-state index contributed by atoms with van der Waals surface area (Å²) in [7, 11) is 0. The van der Waals surface area contributed by atoms with Gasteiger partial charge in [-0.25, -0.2) is 0 Å². The molecule has 1 aromatic rings. The predicted molar refractivity (Wildman–Crippen MR) is 62.0 cm³/mol. The van der Waals surface area contributed by atoms with Crippen LogP contribution in [0.15, 0.2) is 10.5 Å². The third kappa shape index (κ3) is 3.62. The lowest BCUT2D eigenvalue weighted by Crippen LogP contribution is -2.36. The zero-order valence-electron chi connectivity index (χ0n) is 10.2. The largest absolute Gasteiger partial charge is 0.481 e. The van der Waals surface area contributed by atoms with E-state index >= 15 is 0 Å². The van der Waals surface area contributed by atoms with Gasteiger partial charge in [0.1, 0.15) is 11.5 Å². The van der Waals surface area contributed by atoms with E-state index in [1.165, 1.54) is 0 Å². The molecular weight excluding hydrogens is 222 g/mol. The average Bonchev–Trinajstić information content (AvgIpc) is 2.56. The summed E-state index contributed by atoms with van der Waals surface area (Å²) in [4.78, 5) is 22.5. The SMILES string of the molecule is CCC(CC(=O)O)NC(=O)c1cc(C)oc1C. The average molecular weight is 239 g/mol. The first-order valence-electron chi connectivity index (χ1n) is 5.53. The van der Waals surface area contributed by atoms with E-state index in [1.807, 2.05) is 6.92 Å². The minimum absolute atomic E-state index is 0.0713. The Morgan fingerprint density at radius 3 is 2.53 bits per heavy atom. The van der Waals surface area contributed by atoms with Crippen LogP contribution in [-0.2, 0) is 4.79 Å². The van der Waals surface area contributed by atoms with E-state index in [0.29, 0.717) is 23.5 Å². The van der Waals surface area contributed by atoms with E-state index in [2.05, 4.69) is 5.32 Å². The highest BCUT2D eigenvalue weighted by Gasteiger charge is 2.18. The third-order valence-corrected chi connectivity index (χ3v) is 2.53. The van der Waals surface area contributed by atoms with Crippen LogP contribution in [0.1, 0.15) is 41.6 Å². The molecule has 1 atom stereocenters. The van der Waals surface area contributed by atoms with Crippen molar-refractivity contribution in [3.05, 3.63) is 23.2 Å². The number of hydrogen-bond acceptors (Lipinski definition) is 3. The van der Waals surface area contributed by atoms with Crippen LogP contribution in [0, 0.1) is 13.8 Å². The van der Waals surface area contributed by atoms with Gasteiger partial charge in [0.15, 0.2) is 0 Å². The van der Waals surface area contributed by atoms with E-state index in [-0.39, 0.29) is 18.4 Å². The molecule has 94 valence electrons. The fourth-order valence-electron chi connectivity index (χ4n) is 1.63. The van der Waals surface area contributed by atoms with Crippen molar-refractivity contribution in [3.63, 3.8) is 0 Å². The number of aliphatic carboxylic acids is 1. The number of carbonyl (C=O) groups is 2. The topological polar surface area (TPSA) is 79.5 Å². The van der Waals surface area contributed by atoms with Gasteiger partial charge in [-0.05, 0) is 26.3 Å². The summed E-state index contributed by atoms with van der Waals surface area (Å²) in [5.74, 6) is 0.00815. The standard InChI is InChI=1S/C12H17NO4/c1-4-9(6-11(14)15)13-12(16)10-5-7(2)17-8(10)3/h5,9H,4,6H2,1-3H3,(H,13,16)(H,14,15). The van der Waals surface area contributed by atoms with Crippen LogP contribution in [0.2, 0.25) is 0 Å². The molecule has 17 heavy (non-hydrogen) atoms. The van der Waals surface area contributed by atoms with Crippen molar-refractivity contribution < 1.29 is 19.1 Å². The Labute approximate surface area is 99.8 Å². The zero-order valence-corrected chi connectivity index (χ0v) is 10.2. The molecule has 0 fully saturated rings. The molecule has 0 saturated heterocycles. The van der Waals surface area contributed by atoms with Gasteiger partial charge in [-0.15, -0.1) is 0 Å². The van der Waals surface area contributed by atoms with Crippen LogP contribution in [0.5, 0.6) is 0 Å². The number of carboxylic acid groups (broad SMARTS) is 1. The smallest absolute Gasteiger partial charge is 0.305 e. The Hall–Kier alpha value is -1.78. The Morgan fingerprint density at radius 1 is 1.47 bits per heavy atom. The van der Waals surface area contributed by atoms with Gasteiger partial charge in [0.2, 0.25) is 0 Å². The molecule has 0 aliphatic carbocycles. The van der Waals surface area contributed by atoms with E-state index < -0.39 is 5.97 Å². The second-order valence-corrected chi connectivity index (χ2v) is 4.00. The molecule has 1 unspecified atom stereocenters. The van der Waals surface area contributed by atoms with Crippen molar-refractivity contribution in [1.29, 1.82) is 0 Å². The molecule has 1 aromatic heterocycles. The maximum absolute atomic E-state index is 11.9. The molecule has 0 radical (unpaired) electrons. The minimum Gasteiger partial charge on any atom is -0.481 e. The summed E-state index contributed by atoms with van der Waals surface area (Å²) in [5.41, 5.74) is 0.464. The Kier molecular flexibility index (Phi) is 4.31. The minimum atomic E-state index is -0.919. The van der Waals surface area contributed by atoms with Crippen molar-refractivity contribution in [3.8, 4) is 0 Å². The normalized spacial score (nSPS) is 12.2. The monoisotopic (exact) mass is 239 g/mol. The van der Waals surface area contributed by atoms with E-state index in [9.17, 15) is 9.59 Å². The second kappa shape index (κ2) is 5.52. The van der Waals surface area contributed by atoms with Gasteiger partial charge in [-0.2, -0.15) is 0 Å². The Morgan fingerprint density at radius 2 is 2.12 bits per heavy atom. The number of carbonyl (C=O) groups excluding carboxylic acids is 1. The predicted octanol–water partition coefficient (Wildman–Crippen LogP) is 1.88. The summed E-state index contributed by atoms with van der Waals surface area (Å²) >= 11 is 0. The van der Waals surface area contributed by atoms with Gasteiger partial charge in [0, 0.05) is 6.04 Å². The Balaban J connectivity index is 2.70. The summed E-state index contributed by atoms with van der Waals surface area (Å²) in [6.45, 7) is 5.31. The molecular formula is C12H17NO4. The summed E-state index contributed by atoms with van der Waals surface area (Å²) in [5, 5.41) is 11.4. The first kappa shape index (κ1) is 13.3. The van der Waals surface area contributed by atoms with E-state index in [0.717, 1.165) is 0 Å². The van der Waals surface area contributed by atoms with Crippen LogP contribution in [-0.4, -0.2) is 23.0 Å². The highest BCUT2D eigenvalue weighted by Crippen LogP contribution is 2.14. The zero-order chi connectivity index (χ0) is 13.0. The van der Waals surface area contributed by atoms with Crippen LogP contribution in [0.4, 0.5) is 0 Å². The van der Waals surface area contributed by atoms with Gasteiger partial charge in [0.25, 0.3) is 5.91 Å². The van der Waals surface area contributed by atoms with Gasteiger partial charge >= 0.3 is 5.97 Å². The van der Waals surface area contributed by atoms with Crippen molar-refractivity contribution in [2.75, 3.05) is 0 Å². The van der Waals surface area contributed by atoms with Gasteiger partial charge in [-0.1, -0.05) is 6.92 Å². The maximum atomic E-state index is 11.9. The second-order valence-electron chi connectivity index (χ2n) is 4.00. The highest BCUT2D eigenvalue weighted by molar-refractivity contribution is 5.95. The lowest BCUT2D eigenvalue weighted by molar-refractivity contribution is -0.137. The number of furan rings is 1. The molecule has 1 rings (SSSR count). The maximum Gasteiger partial charge on any atom is 0.305 e. The number of carboxylic acids is 1. The quantitative estimate of drug-likeness (QED) is 0.822. The fourth-order valence-corrected chi connectivity index (χ4v) is 1.63. The number of amides is 1.